The Morgan fingerprint density at radius 3 is 1.92 bits per heavy atom. The summed E-state index contributed by atoms with van der Waals surface area (Å²) in [4.78, 5) is 0. The number of ether oxygens (including phenoxy) is 10. The van der Waals surface area contributed by atoms with Crippen LogP contribution in [-0.2, 0) is 47.4 Å². The van der Waals surface area contributed by atoms with Gasteiger partial charge in [0.15, 0.2) is 30.9 Å². The minimum Gasteiger partial charge on any atom is -0.394 e. The van der Waals surface area contributed by atoms with E-state index in [0.29, 0.717) is 49.4 Å². The van der Waals surface area contributed by atoms with Crippen molar-refractivity contribution in [3.8, 4) is 0 Å². The summed E-state index contributed by atoms with van der Waals surface area (Å²) in [6, 6.07) is 0. The lowest BCUT2D eigenvalue weighted by Crippen LogP contribution is -2.65. The first-order valence-corrected chi connectivity index (χ1v) is 27.2. The molecule has 426 valence electrons. The third-order valence-electron chi connectivity index (χ3n) is 19.8. The molecule has 5 saturated heterocycles. The zero-order chi connectivity index (χ0) is 53.5. The summed E-state index contributed by atoms with van der Waals surface area (Å²) in [5, 5.41) is 127. The summed E-state index contributed by atoms with van der Waals surface area (Å²) in [6.45, 7) is 11.3. The van der Waals surface area contributed by atoms with Gasteiger partial charge in [-0.05, 0) is 106 Å². The first-order chi connectivity index (χ1) is 35.0. The second-order valence-corrected chi connectivity index (χ2v) is 24.0. The van der Waals surface area contributed by atoms with Gasteiger partial charge in [0.2, 0.25) is 0 Å². The molecule has 31 unspecified atom stereocenters. The molecular weight excluding hydrogens is 977 g/mol. The number of aliphatic hydroxyl groups excluding tert-OH is 12. The Bertz CT molecular complexity index is 1920. The van der Waals surface area contributed by atoms with E-state index in [0.717, 1.165) is 32.1 Å². The second kappa shape index (κ2) is 22.4. The highest BCUT2D eigenvalue weighted by atomic mass is 16.8. The van der Waals surface area contributed by atoms with Crippen molar-refractivity contribution < 1.29 is 109 Å². The lowest BCUT2D eigenvalue weighted by atomic mass is 9.47. The summed E-state index contributed by atoms with van der Waals surface area (Å²) in [6.07, 6.45) is -19.0. The van der Waals surface area contributed by atoms with Gasteiger partial charge in [0.05, 0.1) is 44.2 Å². The molecule has 0 aromatic rings. The van der Waals surface area contributed by atoms with Crippen molar-refractivity contribution in [1.82, 2.24) is 0 Å². The van der Waals surface area contributed by atoms with Crippen LogP contribution >= 0.6 is 0 Å². The molecule has 0 amide bonds. The first kappa shape index (κ1) is 57.5. The maximum atomic E-state index is 11.7. The molecule has 0 bridgehead atoms. The lowest BCUT2D eigenvalue weighted by molar-refractivity contribution is -0.368. The van der Waals surface area contributed by atoms with Gasteiger partial charge in [0.1, 0.15) is 85.5 Å². The highest BCUT2D eigenvalue weighted by molar-refractivity contribution is 5.26. The summed E-state index contributed by atoms with van der Waals surface area (Å²) < 4.78 is 60.9. The van der Waals surface area contributed by atoms with Crippen LogP contribution in [-0.4, -0.2) is 229 Å². The smallest absolute Gasteiger partial charge is 0.187 e. The van der Waals surface area contributed by atoms with Gasteiger partial charge in [0.25, 0.3) is 0 Å². The van der Waals surface area contributed by atoms with E-state index < -0.39 is 148 Å². The predicted molar refractivity (Wildman–Crippen MR) is 254 cm³/mol. The van der Waals surface area contributed by atoms with E-state index >= 15 is 0 Å². The molecule has 9 rings (SSSR count). The molecule has 4 aliphatic carbocycles. The van der Waals surface area contributed by atoms with Crippen LogP contribution in [0.15, 0.2) is 11.6 Å². The first-order valence-electron chi connectivity index (χ1n) is 27.2. The van der Waals surface area contributed by atoms with Gasteiger partial charge in [0, 0.05) is 19.4 Å². The largest absolute Gasteiger partial charge is 0.394 e. The number of fused-ring (bicyclic) bond motifs is 7. The third-order valence-corrected chi connectivity index (χ3v) is 19.8. The summed E-state index contributed by atoms with van der Waals surface area (Å²) >= 11 is 0. The number of rotatable bonds is 15. The van der Waals surface area contributed by atoms with Gasteiger partial charge in [-0.15, -0.1) is 0 Å². The van der Waals surface area contributed by atoms with Crippen molar-refractivity contribution in [2.75, 3.05) is 26.9 Å². The molecule has 31 atom stereocenters. The molecule has 9 aliphatic rings. The van der Waals surface area contributed by atoms with Crippen LogP contribution in [0.25, 0.3) is 0 Å². The Hall–Kier alpha value is -1.14. The van der Waals surface area contributed by atoms with Crippen molar-refractivity contribution in [3.63, 3.8) is 0 Å². The molecule has 74 heavy (non-hydrogen) atoms. The van der Waals surface area contributed by atoms with Crippen LogP contribution < -0.4 is 0 Å². The SMILES string of the molecule is COC1(CCC(C)COC2OC(CO)C(O)C(O)C2O)OC2CC3C4CC=C5CC(OC6OC(COC7OC(C)C(O)C(O)C7O)C(OC7OC(C)C(O)C(O)C7O)C(O)C6O)CCC5(C)C4CCC3(C)C2C1C. The predicted octanol–water partition coefficient (Wildman–Crippen LogP) is -1.33. The third kappa shape index (κ3) is 10.2. The zero-order valence-electron chi connectivity index (χ0n) is 43.7. The number of hydrogen-bond acceptors (Lipinski definition) is 22. The summed E-state index contributed by atoms with van der Waals surface area (Å²) in [5.41, 5.74) is 1.24. The van der Waals surface area contributed by atoms with Gasteiger partial charge in [-0.1, -0.05) is 39.3 Å². The van der Waals surface area contributed by atoms with Crippen LogP contribution in [0, 0.1) is 46.3 Å². The molecule has 3 saturated carbocycles. The monoisotopic (exact) mass is 1060 g/mol. The molecule has 0 aromatic carbocycles. The Morgan fingerprint density at radius 1 is 0.662 bits per heavy atom. The molecule has 22 heteroatoms. The van der Waals surface area contributed by atoms with E-state index in [1.807, 2.05) is 6.92 Å². The fourth-order valence-electron chi connectivity index (χ4n) is 15.2. The van der Waals surface area contributed by atoms with E-state index in [1.165, 1.54) is 19.4 Å². The zero-order valence-corrected chi connectivity index (χ0v) is 43.7. The quantitative estimate of drug-likeness (QED) is 0.0846. The molecule has 8 fully saturated rings. The van der Waals surface area contributed by atoms with E-state index in [2.05, 4.69) is 26.8 Å². The fraction of sp³-hybridized carbons (Fsp3) is 0.962. The Kier molecular flexibility index (Phi) is 17.4. The van der Waals surface area contributed by atoms with Crippen LogP contribution in [0.5, 0.6) is 0 Å². The average Bonchev–Trinajstić information content (AvgIpc) is 3.85. The van der Waals surface area contributed by atoms with Gasteiger partial charge in [-0.3, -0.25) is 0 Å². The maximum Gasteiger partial charge on any atom is 0.187 e. The topological polar surface area (TPSA) is 335 Å². The molecule has 5 heterocycles. The van der Waals surface area contributed by atoms with Crippen molar-refractivity contribution in [3.05, 3.63) is 11.6 Å². The average molecular weight is 1060 g/mol. The van der Waals surface area contributed by atoms with E-state index in [4.69, 9.17) is 47.4 Å². The lowest BCUT2D eigenvalue weighted by Gasteiger charge is -2.58. The number of hydrogen-bond donors (Lipinski definition) is 12. The Balaban J connectivity index is 0.829. The van der Waals surface area contributed by atoms with Crippen molar-refractivity contribution in [1.29, 1.82) is 0 Å². The van der Waals surface area contributed by atoms with Crippen molar-refractivity contribution >= 4 is 0 Å². The van der Waals surface area contributed by atoms with E-state index in [-0.39, 0.29) is 35.4 Å². The molecule has 0 radical (unpaired) electrons. The standard InChI is InChI=1S/C52H86O22/c1-21(19-66-47-42(62)39(59)36(56)31(18-53)71-47)10-15-52(65-7)22(2)33-30(74-52)17-29-27-9-8-25-16-26(11-13-50(25,5)28(27)12-14-51(29,33)6)70-49-44(64)40(60)45(73-48-43(63)38(58)35(55)24(4)69-48)32(72-49)20-67-46-41(61)37(57)34(54)23(3)68-46/h8,21-24,26-49,53-64H,9-20H2,1-7H3. The Labute approximate surface area is 432 Å². The molecule has 5 aliphatic heterocycles. The number of aliphatic hydroxyl groups is 12. The minimum atomic E-state index is -1.74. The van der Waals surface area contributed by atoms with Crippen LogP contribution in [0.1, 0.15) is 99.3 Å². The summed E-state index contributed by atoms with van der Waals surface area (Å²) in [7, 11) is 1.72. The molecule has 22 nitrogen and oxygen atoms in total. The van der Waals surface area contributed by atoms with Gasteiger partial charge < -0.3 is 109 Å². The van der Waals surface area contributed by atoms with E-state index in [1.54, 1.807) is 7.11 Å². The highest BCUT2D eigenvalue weighted by Crippen LogP contribution is 2.70. The molecule has 12 N–H and O–H groups in total. The van der Waals surface area contributed by atoms with Gasteiger partial charge in [-0.25, -0.2) is 0 Å². The van der Waals surface area contributed by atoms with E-state index in [9.17, 15) is 61.3 Å². The van der Waals surface area contributed by atoms with Crippen molar-refractivity contribution in [2.45, 2.75) is 240 Å². The summed E-state index contributed by atoms with van der Waals surface area (Å²) in [5.74, 6) is 0.954. The molecule has 0 spiro atoms. The van der Waals surface area contributed by atoms with Crippen LogP contribution in [0.3, 0.4) is 0 Å². The normalized spacial score (nSPS) is 54.9. The van der Waals surface area contributed by atoms with Crippen molar-refractivity contribution in [2.24, 2.45) is 46.3 Å². The molecule has 0 aromatic heterocycles. The van der Waals surface area contributed by atoms with Crippen LogP contribution in [0.4, 0.5) is 0 Å². The van der Waals surface area contributed by atoms with Gasteiger partial charge >= 0.3 is 0 Å². The molecular formula is C52H86O22. The number of methoxy groups -OCH3 is 1. The number of allylic oxidation sites excluding steroid dienone is 1. The van der Waals surface area contributed by atoms with Crippen LogP contribution in [0.2, 0.25) is 0 Å². The Morgan fingerprint density at radius 2 is 1.26 bits per heavy atom. The highest BCUT2D eigenvalue weighted by Gasteiger charge is 2.68. The van der Waals surface area contributed by atoms with Gasteiger partial charge in [-0.2, -0.15) is 0 Å². The second-order valence-electron chi connectivity index (χ2n) is 24.0. The maximum absolute atomic E-state index is 11.7. The fourth-order valence-corrected chi connectivity index (χ4v) is 15.2. The minimum absolute atomic E-state index is 0.00900.